The molecule has 3 amide bonds. The van der Waals surface area contributed by atoms with Crippen LogP contribution in [0.2, 0.25) is 0 Å². The number of nitrogens with two attached hydrogens (primary N) is 1. The Morgan fingerprint density at radius 2 is 1.24 bits per heavy atom. The smallest absolute Gasteiger partial charge is 0.414 e. The zero-order valence-corrected chi connectivity index (χ0v) is 29.9. The lowest BCUT2D eigenvalue weighted by Crippen LogP contribution is -2.59. The van der Waals surface area contributed by atoms with Gasteiger partial charge in [0.25, 0.3) is 0 Å². The Morgan fingerprint density at radius 3 is 1.70 bits per heavy atom. The maximum atomic E-state index is 14.3. The summed E-state index contributed by atoms with van der Waals surface area (Å²) in [6.07, 6.45) is 2.79. The molecule has 9 heteroatoms. The number of benzene rings is 5. The summed E-state index contributed by atoms with van der Waals surface area (Å²) in [5.74, 6) is -1.12. The molecule has 5 aromatic rings. The molecule has 0 saturated carbocycles. The SMILES string of the molecule is COC(=O)N(C1=CC(NC(c2ccccc2)(c2ccccc2)c2ccccc2)=CC[C@@]1(CO)NC(=O)CCC(N)=O)C1c2ccccc2-c2ccccc21. The van der Waals surface area contributed by atoms with Gasteiger partial charge in [-0.2, -0.15) is 0 Å². The molecule has 2 aliphatic carbocycles. The first-order chi connectivity index (χ1) is 26.3. The van der Waals surface area contributed by atoms with E-state index >= 15 is 0 Å². The van der Waals surface area contributed by atoms with E-state index in [-0.39, 0.29) is 19.3 Å². The zero-order valence-electron chi connectivity index (χ0n) is 29.9. The van der Waals surface area contributed by atoms with Gasteiger partial charge >= 0.3 is 6.09 Å². The topological polar surface area (TPSA) is 134 Å². The number of rotatable bonds is 12. The van der Waals surface area contributed by atoms with Crippen LogP contribution in [0.4, 0.5) is 4.79 Å². The first-order valence-corrected chi connectivity index (χ1v) is 17.9. The maximum Gasteiger partial charge on any atom is 0.414 e. The quantitative estimate of drug-likeness (QED) is 0.106. The summed E-state index contributed by atoms with van der Waals surface area (Å²) >= 11 is 0. The van der Waals surface area contributed by atoms with Crippen LogP contribution in [-0.2, 0) is 19.9 Å². The molecule has 5 N–H and O–H groups in total. The minimum absolute atomic E-state index is 0.0952. The van der Waals surface area contributed by atoms with Crippen LogP contribution in [0.3, 0.4) is 0 Å². The normalized spacial score (nSPS) is 16.3. The van der Waals surface area contributed by atoms with Gasteiger partial charge in [-0.15, -0.1) is 0 Å². The zero-order chi connectivity index (χ0) is 37.7. The maximum absolute atomic E-state index is 14.3. The second kappa shape index (κ2) is 15.3. The number of hydrogen-bond acceptors (Lipinski definition) is 6. The molecule has 0 aromatic heterocycles. The molecule has 7 rings (SSSR count). The Bertz CT molecular complexity index is 2080. The van der Waals surface area contributed by atoms with E-state index in [0.717, 1.165) is 38.9 Å². The van der Waals surface area contributed by atoms with Crippen molar-refractivity contribution in [2.75, 3.05) is 13.7 Å². The van der Waals surface area contributed by atoms with Gasteiger partial charge in [0.1, 0.15) is 11.1 Å². The first kappa shape index (κ1) is 35.9. The average molecular weight is 719 g/mol. The summed E-state index contributed by atoms with van der Waals surface area (Å²) < 4.78 is 5.52. The van der Waals surface area contributed by atoms with Gasteiger partial charge in [-0.1, -0.05) is 146 Å². The molecular formula is C45H42N4O5. The number of ether oxygens (including phenoxy) is 1. The minimum atomic E-state index is -1.49. The number of hydrogen-bond donors (Lipinski definition) is 4. The molecule has 9 nitrogen and oxygen atoms in total. The molecule has 0 spiro atoms. The summed E-state index contributed by atoms with van der Waals surface area (Å²) in [4.78, 5) is 41.1. The van der Waals surface area contributed by atoms with Gasteiger partial charge in [-0.3, -0.25) is 14.5 Å². The molecule has 0 aliphatic heterocycles. The highest BCUT2D eigenvalue weighted by Crippen LogP contribution is 2.50. The standard InChI is InChI=1S/C45H42N4O5/c1-54-43(53)49(42-37-23-13-11-21-35(37)36-22-12-14-24-38(36)42)39-29-34(27-28-44(39,30-50)48-41(52)26-25-40(46)51)47-45(31-15-5-2-6-16-31,32-17-7-3-8-18-32)33-19-9-4-10-20-33/h2-24,27,29,42,47,50H,25-26,28,30H2,1H3,(H2,46,51)(H,48,52)/t44-/m0/s1. The van der Waals surface area contributed by atoms with Gasteiger partial charge in [-0.25, -0.2) is 4.79 Å². The van der Waals surface area contributed by atoms with Crippen molar-refractivity contribution in [2.45, 2.75) is 36.4 Å². The largest absolute Gasteiger partial charge is 0.452 e. The van der Waals surface area contributed by atoms with Crippen LogP contribution in [0.25, 0.3) is 11.1 Å². The van der Waals surface area contributed by atoms with Crippen molar-refractivity contribution in [1.82, 2.24) is 15.5 Å². The lowest BCUT2D eigenvalue weighted by Gasteiger charge is -2.45. The Balaban J connectivity index is 1.44. The second-order valence-corrected chi connectivity index (χ2v) is 13.5. The number of methoxy groups -OCH3 is 1. The number of carbonyl (C=O) groups is 3. The molecule has 2 aliphatic rings. The number of primary amides is 1. The summed E-state index contributed by atoms with van der Waals surface area (Å²) in [5, 5.41) is 18.3. The first-order valence-electron chi connectivity index (χ1n) is 17.9. The Kier molecular flexibility index (Phi) is 10.2. The average Bonchev–Trinajstić information content (AvgIpc) is 3.55. The highest BCUT2D eigenvalue weighted by atomic mass is 16.5. The fourth-order valence-corrected chi connectivity index (χ4v) is 7.83. The highest BCUT2D eigenvalue weighted by molar-refractivity contribution is 5.85. The van der Waals surface area contributed by atoms with Crippen molar-refractivity contribution in [3.8, 4) is 11.1 Å². The van der Waals surface area contributed by atoms with Crippen molar-refractivity contribution in [2.24, 2.45) is 5.73 Å². The van der Waals surface area contributed by atoms with Gasteiger partial charge < -0.3 is 26.2 Å². The fourth-order valence-electron chi connectivity index (χ4n) is 7.83. The minimum Gasteiger partial charge on any atom is -0.452 e. The number of nitrogens with zero attached hydrogens (tertiary/aromatic N) is 1. The lowest BCUT2D eigenvalue weighted by atomic mass is 9.76. The molecule has 0 unspecified atom stereocenters. The third kappa shape index (κ3) is 6.54. The van der Waals surface area contributed by atoms with Crippen molar-refractivity contribution in [1.29, 1.82) is 0 Å². The van der Waals surface area contributed by atoms with Crippen LogP contribution in [0, 0.1) is 0 Å². The highest BCUT2D eigenvalue weighted by Gasteiger charge is 2.48. The molecule has 0 radical (unpaired) electrons. The van der Waals surface area contributed by atoms with E-state index in [1.54, 1.807) is 4.90 Å². The molecule has 0 fully saturated rings. The van der Waals surface area contributed by atoms with Gasteiger partial charge in [0.05, 0.1) is 25.5 Å². The molecular weight excluding hydrogens is 677 g/mol. The Morgan fingerprint density at radius 1 is 0.759 bits per heavy atom. The number of nitrogens with one attached hydrogen (secondary N) is 2. The molecule has 272 valence electrons. The van der Waals surface area contributed by atoms with E-state index in [9.17, 15) is 19.5 Å². The fraction of sp³-hybridized carbons (Fsp3) is 0.178. The molecule has 5 aromatic carbocycles. The summed E-state index contributed by atoms with van der Waals surface area (Å²) in [5.41, 5.74) is 10.5. The number of allylic oxidation sites excluding steroid dienone is 1. The van der Waals surface area contributed by atoms with Crippen molar-refractivity contribution in [3.05, 3.63) is 191 Å². The number of aliphatic hydroxyl groups excluding tert-OH is 1. The predicted octanol–water partition coefficient (Wildman–Crippen LogP) is 6.69. The second-order valence-electron chi connectivity index (χ2n) is 13.5. The third-order valence-corrected chi connectivity index (χ3v) is 10.3. The van der Waals surface area contributed by atoms with Crippen molar-refractivity contribution in [3.63, 3.8) is 0 Å². The predicted molar refractivity (Wildman–Crippen MR) is 207 cm³/mol. The molecule has 54 heavy (non-hydrogen) atoms. The summed E-state index contributed by atoms with van der Waals surface area (Å²) in [7, 11) is 1.32. The molecule has 0 bridgehead atoms. The van der Waals surface area contributed by atoms with E-state index < -0.39 is 41.6 Å². The van der Waals surface area contributed by atoms with Crippen LogP contribution in [0.5, 0.6) is 0 Å². The van der Waals surface area contributed by atoms with E-state index in [4.69, 9.17) is 10.5 Å². The van der Waals surface area contributed by atoms with Gasteiger partial charge in [-0.05, 0) is 51.4 Å². The van der Waals surface area contributed by atoms with Gasteiger partial charge in [0.15, 0.2) is 0 Å². The number of amides is 3. The molecule has 1 atom stereocenters. The summed E-state index contributed by atoms with van der Waals surface area (Å²) in [6, 6.07) is 45.5. The van der Waals surface area contributed by atoms with Crippen LogP contribution >= 0.6 is 0 Å². The monoisotopic (exact) mass is 718 g/mol. The Hall–Kier alpha value is -6.45. The number of carbonyl (C=O) groups excluding carboxylic acids is 3. The van der Waals surface area contributed by atoms with Crippen LogP contribution in [-0.4, -0.2) is 47.2 Å². The Labute approximate surface area is 314 Å². The summed E-state index contributed by atoms with van der Waals surface area (Å²) in [6.45, 7) is -0.560. The van der Waals surface area contributed by atoms with E-state index in [0.29, 0.717) is 11.4 Å². The lowest BCUT2D eigenvalue weighted by molar-refractivity contribution is -0.126. The van der Waals surface area contributed by atoms with Crippen molar-refractivity contribution >= 4 is 17.9 Å². The molecule has 0 heterocycles. The van der Waals surface area contributed by atoms with E-state index in [1.807, 2.05) is 115 Å². The van der Waals surface area contributed by atoms with Gasteiger partial charge in [0, 0.05) is 18.5 Å². The number of fused-ring (bicyclic) bond motifs is 3. The van der Waals surface area contributed by atoms with Crippen LogP contribution in [0.15, 0.2) is 163 Å². The van der Waals surface area contributed by atoms with E-state index in [2.05, 4.69) is 47.0 Å². The van der Waals surface area contributed by atoms with E-state index in [1.165, 1.54) is 7.11 Å². The third-order valence-electron chi connectivity index (χ3n) is 10.3. The van der Waals surface area contributed by atoms with Crippen LogP contribution < -0.4 is 16.4 Å². The molecule has 0 saturated heterocycles. The van der Waals surface area contributed by atoms with Crippen LogP contribution in [0.1, 0.15) is 53.1 Å². The number of aliphatic hydroxyl groups is 1. The van der Waals surface area contributed by atoms with Crippen molar-refractivity contribution < 1.29 is 24.2 Å². The van der Waals surface area contributed by atoms with Gasteiger partial charge in [0.2, 0.25) is 11.8 Å².